The van der Waals surface area contributed by atoms with Crippen molar-refractivity contribution in [1.82, 2.24) is 15.2 Å². The lowest BCUT2D eigenvalue weighted by molar-refractivity contribution is -0.0145. The van der Waals surface area contributed by atoms with E-state index in [0.29, 0.717) is 6.61 Å². The summed E-state index contributed by atoms with van der Waals surface area (Å²) in [6.45, 7) is 11.8. The quantitative estimate of drug-likeness (QED) is 0.587. The fourth-order valence-corrected chi connectivity index (χ4v) is 2.69. The predicted molar refractivity (Wildman–Crippen MR) is 85.5 cm³/mol. The van der Waals surface area contributed by atoms with E-state index in [1.807, 2.05) is 25.5 Å². The van der Waals surface area contributed by atoms with Gasteiger partial charge in [-0.15, -0.1) is 0 Å². The molecule has 1 unspecified atom stereocenters. The Kier molecular flexibility index (Phi) is 6.64. The summed E-state index contributed by atoms with van der Waals surface area (Å²) in [6, 6.07) is 0.0669. The molecule has 0 aliphatic carbocycles. The van der Waals surface area contributed by atoms with E-state index in [9.17, 15) is 0 Å². The molecular weight excluding hydrogens is 320 g/mol. The molecule has 1 rings (SSSR count). The summed E-state index contributed by atoms with van der Waals surface area (Å²) in [5.41, 5.74) is 4.94. The van der Waals surface area contributed by atoms with E-state index in [1.54, 1.807) is 0 Å². The van der Waals surface area contributed by atoms with Gasteiger partial charge in [0.2, 0.25) is 0 Å². The molecule has 1 atom stereocenters. The molecule has 1 aromatic heterocycles. The summed E-state index contributed by atoms with van der Waals surface area (Å²) < 4.78 is 8.94. The van der Waals surface area contributed by atoms with E-state index >= 15 is 0 Å². The zero-order valence-corrected chi connectivity index (χ0v) is 14.7. The van der Waals surface area contributed by atoms with E-state index in [4.69, 9.17) is 10.6 Å². The standard InChI is InChI=1S/C14H27BrN4O/c1-6-11-13(15)12(19(7-2)18-11)8-10(17-16)9-20-14(3,4)5/h10,17H,6-9,16H2,1-5H3. The molecule has 0 saturated heterocycles. The van der Waals surface area contributed by atoms with Crippen LogP contribution in [0, 0.1) is 0 Å². The molecule has 1 aromatic rings. The van der Waals surface area contributed by atoms with Gasteiger partial charge in [-0.3, -0.25) is 16.0 Å². The van der Waals surface area contributed by atoms with Crippen LogP contribution in [0.2, 0.25) is 0 Å². The molecule has 0 bridgehead atoms. The number of nitrogens with zero attached hydrogens (tertiary/aromatic N) is 2. The number of hydrogen-bond donors (Lipinski definition) is 2. The van der Waals surface area contributed by atoms with Crippen molar-refractivity contribution in [3.05, 3.63) is 15.9 Å². The van der Waals surface area contributed by atoms with Gasteiger partial charge in [0.05, 0.1) is 34.1 Å². The van der Waals surface area contributed by atoms with Gasteiger partial charge in [-0.05, 0) is 50.0 Å². The molecule has 5 nitrogen and oxygen atoms in total. The van der Waals surface area contributed by atoms with Gasteiger partial charge in [0, 0.05) is 13.0 Å². The molecule has 3 N–H and O–H groups in total. The summed E-state index contributed by atoms with van der Waals surface area (Å²) in [7, 11) is 0. The topological polar surface area (TPSA) is 65.1 Å². The number of aryl methyl sites for hydroxylation is 2. The van der Waals surface area contributed by atoms with Gasteiger partial charge in [0.25, 0.3) is 0 Å². The van der Waals surface area contributed by atoms with E-state index < -0.39 is 0 Å². The maximum atomic E-state index is 5.81. The Labute approximate surface area is 130 Å². The van der Waals surface area contributed by atoms with Crippen LogP contribution < -0.4 is 11.3 Å². The molecule has 116 valence electrons. The maximum absolute atomic E-state index is 5.81. The lowest BCUT2D eigenvalue weighted by atomic mass is 10.1. The number of rotatable bonds is 7. The minimum atomic E-state index is -0.161. The van der Waals surface area contributed by atoms with Crippen LogP contribution in [-0.2, 0) is 24.1 Å². The number of halogens is 1. The normalized spacial score (nSPS) is 13.8. The fraction of sp³-hybridized carbons (Fsp3) is 0.786. The average molecular weight is 347 g/mol. The first-order chi connectivity index (χ1) is 9.32. The first kappa shape index (κ1) is 17.6. The Bertz CT molecular complexity index is 426. The predicted octanol–water partition coefficient (Wildman–Crippen LogP) is 2.42. The van der Waals surface area contributed by atoms with Crippen molar-refractivity contribution in [3.63, 3.8) is 0 Å². The van der Waals surface area contributed by atoms with Gasteiger partial charge in [-0.25, -0.2) is 0 Å². The summed E-state index contributed by atoms with van der Waals surface area (Å²) in [4.78, 5) is 0. The van der Waals surface area contributed by atoms with E-state index in [1.165, 1.54) is 5.69 Å². The van der Waals surface area contributed by atoms with Gasteiger partial charge < -0.3 is 4.74 Å². The first-order valence-corrected chi connectivity index (χ1v) is 7.95. The molecule has 0 spiro atoms. The summed E-state index contributed by atoms with van der Waals surface area (Å²) in [5.74, 6) is 5.66. The van der Waals surface area contributed by atoms with Crippen LogP contribution in [0.4, 0.5) is 0 Å². The molecule has 0 saturated carbocycles. The average Bonchev–Trinajstić information content (AvgIpc) is 2.69. The van der Waals surface area contributed by atoms with Gasteiger partial charge in [0.1, 0.15) is 0 Å². The Morgan fingerprint density at radius 1 is 1.40 bits per heavy atom. The second kappa shape index (κ2) is 7.54. The van der Waals surface area contributed by atoms with Crippen LogP contribution in [-0.4, -0.2) is 28.0 Å². The lowest BCUT2D eigenvalue weighted by Gasteiger charge is -2.24. The number of hydrazine groups is 1. The first-order valence-electron chi connectivity index (χ1n) is 7.16. The van der Waals surface area contributed by atoms with Crippen LogP contribution in [0.3, 0.4) is 0 Å². The fourth-order valence-electron chi connectivity index (χ4n) is 1.96. The number of nitrogens with two attached hydrogens (primary N) is 1. The zero-order chi connectivity index (χ0) is 15.3. The molecule has 0 aromatic carbocycles. The number of hydrogen-bond acceptors (Lipinski definition) is 4. The third kappa shape index (κ3) is 4.84. The number of nitrogens with one attached hydrogen (secondary N) is 1. The van der Waals surface area contributed by atoms with Crippen molar-refractivity contribution in [3.8, 4) is 0 Å². The second-order valence-corrected chi connectivity index (χ2v) is 6.66. The Morgan fingerprint density at radius 3 is 2.50 bits per heavy atom. The molecule has 6 heteroatoms. The minimum absolute atomic E-state index is 0.0669. The van der Waals surface area contributed by atoms with Gasteiger partial charge in [-0.2, -0.15) is 5.10 Å². The van der Waals surface area contributed by atoms with Gasteiger partial charge >= 0.3 is 0 Å². The molecule has 1 heterocycles. The highest BCUT2D eigenvalue weighted by atomic mass is 79.9. The zero-order valence-electron chi connectivity index (χ0n) is 13.2. The van der Waals surface area contributed by atoms with E-state index in [0.717, 1.165) is 29.6 Å². The van der Waals surface area contributed by atoms with Crippen molar-refractivity contribution < 1.29 is 4.74 Å². The Morgan fingerprint density at radius 2 is 2.05 bits per heavy atom. The van der Waals surface area contributed by atoms with Crippen molar-refractivity contribution >= 4 is 15.9 Å². The summed E-state index contributed by atoms with van der Waals surface area (Å²) in [6.07, 6.45) is 1.70. The summed E-state index contributed by atoms with van der Waals surface area (Å²) >= 11 is 3.66. The smallest absolute Gasteiger partial charge is 0.0766 e. The van der Waals surface area contributed by atoms with Crippen LogP contribution in [0.25, 0.3) is 0 Å². The highest BCUT2D eigenvalue weighted by Crippen LogP contribution is 2.23. The van der Waals surface area contributed by atoms with Crippen LogP contribution >= 0.6 is 15.9 Å². The van der Waals surface area contributed by atoms with Crippen LogP contribution in [0.15, 0.2) is 4.47 Å². The Hall–Kier alpha value is -0.430. The third-order valence-corrected chi connectivity index (χ3v) is 4.00. The van der Waals surface area contributed by atoms with Crippen molar-refractivity contribution in [1.29, 1.82) is 0 Å². The SMILES string of the molecule is CCc1nn(CC)c(CC(COC(C)(C)C)NN)c1Br. The van der Waals surface area contributed by atoms with Gasteiger partial charge in [-0.1, -0.05) is 6.92 Å². The van der Waals surface area contributed by atoms with Gasteiger partial charge in [0.15, 0.2) is 0 Å². The third-order valence-electron chi connectivity index (χ3n) is 3.09. The van der Waals surface area contributed by atoms with Crippen molar-refractivity contribution in [2.45, 2.75) is 65.6 Å². The van der Waals surface area contributed by atoms with E-state index in [-0.39, 0.29) is 11.6 Å². The highest BCUT2D eigenvalue weighted by molar-refractivity contribution is 9.10. The van der Waals surface area contributed by atoms with Crippen LogP contribution in [0.5, 0.6) is 0 Å². The molecule has 20 heavy (non-hydrogen) atoms. The minimum Gasteiger partial charge on any atom is -0.374 e. The molecule has 0 aliphatic heterocycles. The molecule has 0 amide bonds. The second-order valence-electron chi connectivity index (χ2n) is 5.87. The molecule has 0 aliphatic rings. The van der Waals surface area contributed by atoms with Crippen LogP contribution in [0.1, 0.15) is 46.0 Å². The van der Waals surface area contributed by atoms with Crippen molar-refractivity contribution in [2.75, 3.05) is 6.61 Å². The highest BCUT2D eigenvalue weighted by Gasteiger charge is 2.20. The lowest BCUT2D eigenvalue weighted by Crippen LogP contribution is -2.42. The molecular formula is C14H27BrN4O. The maximum Gasteiger partial charge on any atom is 0.0766 e. The number of aromatic nitrogens is 2. The number of ether oxygens (including phenoxy) is 1. The molecule has 0 fully saturated rings. The Balaban J connectivity index is 2.81. The largest absolute Gasteiger partial charge is 0.374 e. The molecule has 0 radical (unpaired) electrons. The van der Waals surface area contributed by atoms with Crippen molar-refractivity contribution in [2.24, 2.45) is 5.84 Å². The van der Waals surface area contributed by atoms with E-state index in [2.05, 4.69) is 40.3 Å². The monoisotopic (exact) mass is 346 g/mol. The summed E-state index contributed by atoms with van der Waals surface area (Å²) in [5, 5.41) is 4.60.